The Bertz CT molecular complexity index is 802. The zero-order valence-electron chi connectivity index (χ0n) is 13.3. The highest BCUT2D eigenvalue weighted by Crippen LogP contribution is 2.19. The Morgan fingerprint density at radius 3 is 2.54 bits per heavy atom. The monoisotopic (exact) mass is 327 g/mol. The molecule has 0 heterocycles. The van der Waals surface area contributed by atoms with E-state index in [4.69, 9.17) is 0 Å². The van der Waals surface area contributed by atoms with E-state index in [0.29, 0.717) is 11.3 Å². The maximum atomic E-state index is 12.0. The fourth-order valence-corrected chi connectivity index (χ4v) is 2.14. The number of anilines is 1. The molecule has 0 aliphatic carbocycles. The molecule has 2 aromatic carbocycles. The van der Waals surface area contributed by atoms with Gasteiger partial charge in [-0.25, -0.2) is 0 Å². The van der Waals surface area contributed by atoms with Crippen molar-refractivity contribution in [3.8, 4) is 0 Å². The first-order valence-electron chi connectivity index (χ1n) is 7.26. The Hall–Kier alpha value is -3.22. The molecule has 124 valence electrons. The maximum absolute atomic E-state index is 12.0. The molecule has 0 radical (unpaired) electrons. The van der Waals surface area contributed by atoms with Crippen molar-refractivity contribution in [3.05, 3.63) is 69.3 Å². The molecule has 0 unspecified atom stereocenters. The van der Waals surface area contributed by atoms with Crippen molar-refractivity contribution in [1.29, 1.82) is 0 Å². The van der Waals surface area contributed by atoms with E-state index < -0.39 is 10.8 Å². The molecule has 2 amide bonds. The lowest BCUT2D eigenvalue weighted by atomic mass is 10.1. The van der Waals surface area contributed by atoms with Gasteiger partial charge in [-0.15, -0.1) is 0 Å². The average Bonchev–Trinajstić information content (AvgIpc) is 2.52. The molecular weight excluding hydrogens is 310 g/mol. The van der Waals surface area contributed by atoms with Crippen molar-refractivity contribution in [1.82, 2.24) is 5.32 Å². The summed E-state index contributed by atoms with van der Waals surface area (Å²) >= 11 is 0. The molecule has 7 heteroatoms. The Morgan fingerprint density at radius 2 is 1.88 bits per heavy atom. The predicted molar refractivity (Wildman–Crippen MR) is 90.0 cm³/mol. The number of aryl methyl sites for hydroxylation is 2. The highest BCUT2D eigenvalue weighted by molar-refractivity contribution is 5.99. The summed E-state index contributed by atoms with van der Waals surface area (Å²) in [5.74, 6) is -0.923. The number of amides is 2. The third kappa shape index (κ3) is 4.39. The van der Waals surface area contributed by atoms with Gasteiger partial charge in [-0.05, 0) is 37.6 Å². The minimum atomic E-state index is -0.545. The summed E-state index contributed by atoms with van der Waals surface area (Å²) in [6, 6.07) is 11.5. The maximum Gasteiger partial charge on any atom is 0.273 e. The Balaban J connectivity index is 1.96. The largest absolute Gasteiger partial charge is 0.343 e. The first-order valence-corrected chi connectivity index (χ1v) is 7.26. The molecule has 0 atom stereocenters. The number of carbonyl (C=O) groups is 2. The van der Waals surface area contributed by atoms with Gasteiger partial charge in [0.1, 0.15) is 0 Å². The van der Waals surface area contributed by atoms with Crippen LogP contribution in [-0.2, 0) is 4.79 Å². The molecule has 0 bridgehead atoms. The van der Waals surface area contributed by atoms with E-state index >= 15 is 0 Å². The third-order valence-electron chi connectivity index (χ3n) is 3.38. The van der Waals surface area contributed by atoms with E-state index in [9.17, 15) is 19.7 Å². The number of hydrogen-bond donors (Lipinski definition) is 2. The van der Waals surface area contributed by atoms with Crippen molar-refractivity contribution in [3.63, 3.8) is 0 Å². The number of nitro groups is 1. The lowest BCUT2D eigenvalue weighted by Gasteiger charge is -2.08. The molecule has 2 rings (SSSR count). The number of nitro benzene ring substituents is 1. The molecule has 7 nitrogen and oxygen atoms in total. The molecule has 0 aliphatic heterocycles. The van der Waals surface area contributed by atoms with Gasteiger partial charge in [0.25, 0.3) is 11.6 Å². The fourth-order valence-electron chi connectivity index (χ4n) is 2.14. The van der Waals surface area contributed by atoms with Crippen LogP contribution in [0.1, 0.15) is 21.5 Å². The second kappa shape index (κ2) is 7.36. The van der Waals surface area contributed by atoms with Crippen LogP contribution in [0, 0.1) is 24.0 Å². The summed E-state index contributed by atoms with van der Waals surface area (Å²) in [7, 11) is 0. The highest BCUT2D eigenvalue weighted by atomic mass is 16.6. The van der Waals surface area contributed by atoms with Gasteiger partial charge >= 0.3 is 0 Å². The molecule has 0 spiro atoms. The molecule has 0 saturated carbocycles. The van der Waals surface area contributed by atoms with E-state index in [-0.39, 0.29) is 23.7 Å². The molecule has 0 aromatic heterocycles. The van der Waals surface area contributed by atoms with Gasteiger partial charge < -0.3 is 10.6 Å². The van der Waals surface area contributed by atoms with Gasteiger partial charge in [-0.1, -0.05) is 18.2 Å². The van der Waals surface area contributed by atoms with Crippen LogP contribution in [0.4, 0.5) is 11.4 Å². The van der Waals surface area contributed by atoms with Gasteiger partial charge in [-0.3, -0.25) is 19.7 Å². The standard InChI is InChI=1S/C17H17N3O4/c1-11-4-3-5-14(8-11)19-16(21)10-18-17(22)13-7-6-12(2)15(9-13)20(23)24/h3-9H,10H2,1-2H3,(H,18,22)(H,19,21). The van der Waals surface area contributed by atoms with E-state index in [2.05, 4.69) is 10.6 Å². The Morgan fingerprint density at radius 1 is 1.12 bits per heavy atom. The van der Waals surface area contributed by atoms with Crippen LogP contribution >= 0.6 is 0 Å². The topological polar surface area (TPSA) is 101 Å². The molecule has 0 fully saturated rings. The zero-order valence-corrected chi connectivity index (χ0v) is 13.3. The number of carbonyl (C=O) groups excluding carboxylic acids is 2. The summed E-state index contributed by atoms with van der Waals surface area (Å²) in [6.45, 7) is 3.27. The Labute approximate surface area is 138 Å². The predicted octanol–water partition coefficient (Wildman–Crippen LogP) is 2.58. The summed E-state index contributed by atoms with van der Waals surface area (Å²) < 4.78 is 0. The molecular formula is C17H17N3O4. The SMILES string of the molecule is Cc1cccc(NC(=O)CNC(=O)c2ccc(C)c([N+](=O)[O-])c2)c1. The van der Waals surface area contributed by atoms with Crippen LogP contribution in [0.15, 0.2) is 42.5 Å². The van der Waals surface area contributed by atoms with Crippen LogP contribution in [0.3, 0.4) is 0 Å². The van der Waals surface area contributed by atoms with Crippen molar-refractivity contribution in [2.75, 3.05) is 11.9 Å². The number of rotatable bonds is 5. The van der Waals surface area contributed by atoms with E-state index in [1.807, 2.05) is 25.1 Å². The number of nitrogens with one attached hydrogen (secondary N) is 2. The fraction of sp³-hybridized carbons (Fsp3) is 0.176. The quantitative estimate of drug-likeness (QED) is 0.651. The number of nitrogens with zero attached hydrogens (tertiary/aromatic N) is 1. The Kier molecular flexibility index (Phi) is 5.26. The van der Waals surface area contributed by atoms with Crippen LogP contribution < -0.4 is 10.6 Å². The number of benzene rings is 2. The molecule has 24 heavy (non-hydrogen) atoms. The molecule has 0 aliphatic rings. The van der Waals surface area contributed by atoms with Gasteiger partial charge in [0.2, 0.25) is 5.91 Å². The first kappa shape index (κ1) is 17.1. The first-order chi connectivity index (χ1) is 11.4. The average molecular weight is 327 g/mol. The molecule has 0 saturated heterocycles. The van der Waals surface area contributed by atoms with Gasteiger partial charge in [0.05, 0.1) is 11.5 Å². The van der Waals surface area contributed by atoms with E-state index in [0.717, 1.165) is 5.56 Å². The van der Waals surface area contributed by atoms with E-state index in [1.165, 1.54) is 18.2 Å². The second-order valence-electron chi connectivity index (χ2n) is 5.36. The van der Waals surface area contributed by atoms with Crippen molar-refractivity contribution >= 4 is 23.2 Å². The highest BCUT2D eigenvalue weighted by Gasteiger charge is 2.15. The van der Waals surface area contributed by atoms with Gasteiger partial charge in [0, 0.05) is 22.9 Å². The molecule has 2 aromatic rings. The lowest BCUT2D eigenvalue weighted by Crippen LogP contribution is -2.32. The second-order valence-corrected chi connectivity index (χ2v) is 5.36. The van der Waals surface area contributed by atoms with Crippen molar-refractivity contribution in [2.24, 2.45) is 0 Å². The van der Waals surface area contributed by atoms with Gasteiger partial charge in [0.15, 0.2) is 0 Å². The third-order valence-corrected chi connectivity index (χ3v) is 3.38. The van der Waals surface area contributed by atoms with Gasteiger partial charge in [-0.2, -0.15) is 0 Å². The van der Waals surface area contributed by atoms with Crippen LogP contribution in [-0.4, -0.2) is 23.3 Å². The zero-order chi connectivity index (χ0) is 17.7. The summed E-state index contributed by atoms with van der Waals surface area (Å²) in [5, 5.41) is 16.0. The normalized spacial score (nSPS) is 10.1. The van der Waals surface area contributed by atoms with E-state index in [1.54, 1.807) is 13.0 Å². The van der Waals surface area contributed by atoms with Crippen molar-refractivity contribution in [2.45, 2.75) is 13.8 Å². The van der Waals surface area contributed by atoms with Crippen LogP contribution in [0.25, 0.3) is 0 Å². The lowest BCUT2D eigenvalue weighted by molar-refractivity contribution is -0.385. The molecule has 2 N–H and O–H groups in total. The van der Waals surface area contributed by atoms with Crippen LogP contribution in [0.5, 0.6) is 0 Å². The minimum absolute atomic E-state index is 0.133. The number of hydrogen-bond acceptors (Lipinski definition) is 4. The smallest absolute Gasteiger partial charge is 0.273 e. The summed E-state index contributed by atoms with van der Waals surface area (Å²) in [5.41, 5.74) is 2.11. The minimum Gasteiger partial charge on any atom is -0.343 e. The summed E-state index contributed by atoms with van der Waals surface area (Å²) in [4.78, 5) is 34.2. The van der Waals surface area contributed by atoms with Crippen molar-refractivity contribution < 1.29 is 14.5 Å². The summed E-state index contributed by atoms with van der Waals surface area (Å²) in [6.07, 6.45) is 0. The van der Waals surface area contributed by atoms with Crippen LogP contribution in [0.2, 0.25) is 0 Å².